The number of carbonyl (C=O) groups is 2. The molecule has 1 saturated heterocycles. The fourth-order valence-electron chi connectivity index (χ4n) is 2.83. The molecule has 0 saturated carbocycles. The Morgan fingerprint density at radius 3 is 2.54 bits per heavy atom. The van der Waals surface area contributed by atoms with Crippen LogP contribution in [0.5, 0.6) is 5.75 Å². The average molecular weight is 384 g/mol. The minimum absolute atomic E-state index is 0.0341. The lowest BCUT2D eigenvalue weighted by Gasteiger charge is -2.18. The second-order valence-electron chi connectivity index (χ2n) is 6.39. The quantitative estimate of drug-likeness (QED) is 0.699. The summed E-state index contributed by atoms with van der Waals surface area (Å²) in [5.74, 6) is -1.44. The molecule has 9 heteroatoms. The van der Waals surface area contributed by atoms with Gasteiger partial charge in [0.05, 0.1) is 7.11 Å². The zero-order valence-corrected chi connectivity index (χ0v) is 15.7. The number of nitrogens with one attached hydrogen (secondary N) is 1. The van der Waals surface area contributed by atoms with Crippen molar-refractivity contribution < 1.29 is 27.9 Å². The molecule has 1 aromatic rings. The van der Waals surface area contributed by atoms with Gasteiger partial charge in [0.1, 0.15) is 10.6 Å². The van der Waals surface area contributed by atoms with Crippen molar-refractivity contribution in [3.05, 3.63) is 23.8 Å². The molecule has 144 valence electrons. The number of aliphatic carboxylic acids is 1. The standard InChI is InChI=1S/C17H24N2O6S/c1-12(9-16(20)21)11-18-17(22)13-5-6-14(25-2)15(10-13)26(23,24)19-7-3-4-8-19/h5-6,10,12H,3-4,7-9,11H2,1-2H3,(H,18,22)(H,20,21). The van der Waals surface area contributed by atoms with E-state index < -0.39 is 21.9 Å². The van der Waals surface area contributed by atoms with Gasteiger partial charge in [-0.2, -0.15) is 4.31 Å². The third-order valence-electron chi connectivity index (χ3n) is 4.24. The van der Waals surface area contributed by atoms with Gasteiger partial charge in [-0.25, -0.2) is 8.42 Å². The van der Waals surface area contributed by atoms with Gasteiger partial charge in [-0.15, -0.1) is 0 Å². The van der Waals surface area contributed by atoms with Crippen molar-refractivity contribution >= 4 is 21.9 Å². The zero-order valence-electron chi connectivity index (χ0n) is 14.9. The highest BCUT2D eigenvalue weighted by atomic mass is 32.2. The molecule has 0 aromatic heterocycles. The summed E-state index contributed by atoms with van der Waals surface area (Å²) >= 11 is 0. The number of methoxy groups -OCH3 is 1. The van der Waals surface area contributed by atoms with Gasteiger partial charge in [0.25, 0.3) is 5.91 Å². The highest BCUT2D eigenvalue weighted by Crippen LogP contribution is 2.29. The number of nitrogens with zero attached hydrogens (tertiary/aromatic N) is 1. The van der Waals surface area contributed by atoms with Gasteiger partial charge in [0.15, 0.2) is 0 Å². The topological polar surface area (TPSA) is 113 Å². The Bertz CT molecular complexity index is 771. The van der Waals surface area contributed by atoms with E-state index in [1.807, 2.05) is 0 Å². The largest absolute Gasteiger partial charge is 0.495 e. The monoisotopic (exact) mass is 384 g/mol. The van der Waals surface area contributed by atoms with Crippen LogP contribution in [0.3, 0.4) is 0 Å². The summed E-state index contributed by atoms with van der Waals surface area (Å²) in [5.41, 5.74) is 0.186. The van der Waals surface area contributed by atoms with E-state index in [0.29, 0.717) is 13.1 Å². The molecule has 1 atom stereocenters. The summed E-state index contributed by atoms with van der Waals surface area (Å²) in [6, 6.07) is 4.25. The summed E-state index contributed by atoms with van der Waals surface area (Å²) < 4.78 is 32.2. The van der Waals surface area contributed by atoms with Gasteiger partial charge in [-0.05, 0) is 37.0 Å². The number of hydrogen-bond donors (Lipinski definition) is 2. The molecule has 1 fully saturated rings. The van der Waals surface area contributed by atoms with E-state index in [9.17, 15) is 18.0 Å². The van der Waals surface area contributed by atoms with Gasteiger partial charge < -0.3 is 15.2 Å². The minimum atomic E-state index is -3.73. The number of carboxylic acid groups (broad SMARTS) is 1. The van der Waals surface area contributed by atoms with Crippen molar-refractivity contribution in [1.29, 1.82) is 0 Å². The van der Waals surface area contributed by atoms with Crippen molar-refractivity contribution in [3.63, 3.8) is 0 Å². The van der Waals surface area contributed by atoms with Crippen LogP contribution in [-0.2, 0) is 14.8 Å². The number of benzene rings is 1. The lowest BCUT2D eigenvalue weighted by molar-refractivity contribution is -0.137. The second kappa shape index (κ2) is 8.50. The Morgan fingerprint density at radius 1 is 1.31 bits per heavy atom. The van der Waals surface area contributed by atoms with E-state index >= 15 is 0 Å². The first-order chi connectivity index (χ1) is 12.3. The Balaban J connectivity index is 2.20. The first kappa shape index (κ1) is 20.2. The van der Waals surface area contributed by atoms with Crippen LogP contribution < -0.4 is 10.1 Å². The summed E-state index contributed by atoms with van der Waals surface area (Å²) in [4.78, 5) is 23.0. The van der Waals surface area contributed by atoms with Gasteiger partial charge in [0.2, 0.25) is 10.0 Å². The number of ether oxygens (including phenoxy) is 1. The van der Waals surface area contributed by atoms with Crippen LogP contribution in [0.25, 0.3) is 0 Å². The van der Waals surface area contributed by atoms with Crippen molar-refractivity contribution in [2.24, 2.45) is 5.92 Å². The van der Waals surface area contributed by atoms with E-state index in [-0.39, 0.29) is 35.1 Å². The number of carboxylic acids is 1. The van der Waals surface area contributed by atoms with Crippen molar-refractivity contribution in [3.8, 4) is 5.75 Å². The third-order valence-corrected chi connectivity index (χ3v) is 6.16. The first-order valence-corrected chi connectivity index (χ1v) is 9.88. The van der Waals surface area contributed by atoms with Crippen LogP contribution >= 0.6 is 0 Å². The van der Waals surface area contributed by atoms with Crippen LogP contribution in [0.1, 0.15) is 36.5 Å². The van der Waals surface area contributed by atoms with Gasteiger partial charge in [-0.3, -0.25) is 9.59 Å². The van der Waals surface area contributed by atoms with Crippen LogP contribution in [0.2, 0.25) is 0 Å². The Labute approximate surface area is 153 Å². The Kier molecular flexibility index (Phi) is 6.60. The summed E-state index contributed by atoms with van der Waals surface area (Å²) in [7, 11) is -2.35. The molecule has 8 nitrogen and oxygen atoms in total. The maximum atomic E-state index is 12.8. The van der Waals surface area contributed by atoms with E-state index in [1.54, 1.807) is 6.92 Å². The Morgan fingerprint density at radius 2 is 1.96 bits per heavy atom. The number of hydrogen-bond acceptors (Lipinski definition) is 5. The van der Waals surface area contributed by atoms with Crippen LogP contribution in [-0.4, -0.2) is 56.5 Å². The molecule has 0 aliphatic carbocycles. The zero-order chi connectivity index (χ0) is 19.3. The number of amides is 1. The normalized spacial score (nSPS) is 16.2. The molecule has 1 unspecified atom stereocenters. The molecule has 1 aliphatic heterocycles. The fourth-order valence-corrected chi connectivity index (χ4v) is 4.52. The van der Waals surface area contributed by atoms with Crippen molar-refractivity contribution in [2.75, 3.05) is 26.7 Å². The molecule has 0 radical (unpaired) electrons. The lowest BCUT2D eigenvalue weighted by atomic mass is 10.1. The molecular formula is C17H24N2O6S. The molecule has 1 aliphatic rings. The summed E-state index contributed by atoms with van der Waals surface area (Å²) in [6.07, 6.45) is 1.56. The maximum Gasteiger partial charge on any atom is 0.303 e. The molecule has 2 rings (SSSR count). The minimum Gasteiger partial charge on any atom is -0.495 e. The average Bonchev–Trinajstić information content (AvgIpc) is 3.14. The van der Waals surface area contributed by atoms with Crippen molar-refractivity contribution in [1.82, 2.24) is 9.62 Å². The SMILES string of the molecule is COc1ccc(C(=O)NCC(C)CC(=O)O)cc1S(=O)(=O)N1CCCC1. The third kappa shape index (κ3) is 4.73. The molecular weight excluding hydrogens is 360 g/mol. The van der Waals surface area contributed by atoms with Crippen molar-refractivity contribution in [2.45, 2.75) is 31.1 Å². The molecule has 0 spiro atoms. The van der Waals surface area contributed by atoms with E-state index in [4.69, 9.17) is 9.84 Å². The van der Waals surface area contributed by atoms with E-state index in [1.165, 1.54) is 29.6 Å². The predicted octanol–water partition coefficient (Wildman–Crippen LogP) is 1.32. The number of carbonyl (C=O) groups excluding carboxylic acids is 1. The number of sulfonamides is 1. The predicted molar refractivity (Wildman–Crippen MR) is 94.7 cm³/mol. The Hall–Kier alpha value is -2.13. The highest BCUT2D eigenvalue weighted by molar-refractivity contribution is 7.89. The first-order valence-electron chi connectivity index (χ1n) is 8.44. The molecule has 1 amide bonds. The molecule has 2 N–H and O–H groups in total. The van der Waals surface area contributed by atoms with Crippen LogP contribution in [0.15, 0.2) is 23.1 Å². The smallest absolute Gasteiger partial charge is 0.303 e. The van der Waals surface area contributed by atoms with Gasteiger partial charge in [-0.1, -0.05) is 6.92 Å². The summed E-state index contributed by atoms with van der Waals surface area (Å²) in [6.45, 7) is 2.81. The van der Waals surface area contributed by atoms with Gasteiger partial charge in [0, 0.05) is 31.6 Å². The van der Waals surface area contributed by atoms with Gasteiger partial charge >= 0.3 is 5.97 Å². The fraction of sp³-hybridized carbons (Fsp3) is 0.529. The molecule has 26 heavy (non-hydrogen) atoms. The maximum absolute atomic E-state index is 12.8. The molecule has 1 heterocycles. The van der Waals surface area contributed by atoms with Crippen LogP contribution in [0.4, 0.5) is 0 Å². The molecule has 0 bridgehead atoms. The summed E-state index contributed by atoms with van der Waals surface area (Å²) in [5, 5.41) is 11.4. The number of rotatable bonds is 8. The second-order valence-corrected chi connectivity index (χ2v) is 8.30. The molecule has 1 aromatic carbocycles. The highest BCUT2D eigenvalue weighted by Gasteiger charge is 2.30. The van der Waals surface area contributed by atoms with E-state index in [2.05, 4.69) is 5.32 Å². The lowest BCUT2D eigenvalue weighted by Crippen LogP contribution is -2.30. The van der Waals surface area contributed by atoms with E-state index in [0.717, 1.165) is 12.8 Å². The van der Waals surface area contributed by atoms with Crippen LogP contribution in [0, 0.1) is 5.92 Å².